The van der Waals surface area contributed by atoms with E-state index in [9.17, 15) is 9.59 Å². The molecule has 0 spiro atoms. The van der Waals surface area contributed by atoms with Crippen LogP contribution in [0.5, 0.6) is 0 Å². The molecule has 3 heteroatoms. The Morgan fingerprint density at radius 1 is 0.325 bits per heavy atom. The molecule has 0 aliphatic rings. The number of esters is 1. The van der Waals surface area contributed by atoms with Gasteiger partial charge < -0.3 is 4.74 Å². The summed E-state index contributed by atoms with van der Waals surface area (Å²) < 4.78 is 4.96. The largest absolute Gasteiger partial charge is 0.466 e. The molecular formula is C77H74O3. The van der Waals surface area contributed by atoms with Gasteiger partial charge in [0.25, 0.3) is 0 Å². The fourth-order valence-corrected chi connectivity index (χ4v) is 9.68. The lowest BCUT2D eigenvalue weighted by molar-refractivity contribution is -0.142. The van der Waals surface area contributed by atoms with Crippen LogP contribution in [0, 0.1) is 0 Å². The van der Waals surface area contributed by atoms with Crippen LogP contribution in [0.3, 0.4) is 0 Å². The molecule has 0 N–H and O–H groups in total. The molecule has 0 aliphatic carbocycles. The van der Waals surface area contributed by atoms with Gasteiger partial charge in [-0.25, -0.2) is 0 Å². The minimum Gasteiger partial charge on any atom is -0.466 e. The molecule has 0 bridgehead atoms. The van der Waals surface area contributed by atoms with Crippen molar-refractivity contribution >= 4 is 23.9 Å². The zero-order valence-electron chi connectivity index (χ0n) is 46.6. The summed E-state index contributed by atoms with van der Waals surface area (Å²) >= 11 is 0. The number of hydrogen-bond donors (Lipinski definition) is 0. The number of ketones is 1. The first-order valence-corrected chi connectivity index (χ1v) is 28.4. The molecule has 0 atom stereocenters. The van der Waals surface area contributed by atoms with Crippen LogP contribution < -0.4 is 0 Å². The van der Waals surface area contributed by atoms with Gasteiger partial charge in [-0.1, -0.05) is 286 Å². The van der Waals surface area contributed by atoms with Gasteiger partial charge in [-0.15, -0.1) is 0 Å². The molecule has 0 aliphatic heterocycles. The second kappa shape index (κ2) is 31.5. The summed E-state index contributed by atoms with van der Waals surface area (Å²) in [5, 5.41) is 0. The minimum atomic E-state index is -0.183. The van der Waals surface area contributed by atoms with Gasteiger partial charge in [-0.2, -0.15) is 0 Å². The highest BCUT2D eigenvalue weighted by Crippen LogP contribution is 2.24. The molecule has 0 aromatic heterocycles. The first-order valence-electron chi connectivity index (χ1n) is 28.4. The van der Waals surface area contributed by atoms with E-state index in [1.54, 1.807) is 0 Å². The van der Waals surface area contributed by atoms with Crippen LogP contribution in [0.15, 0.2) is 267 Å². The highest BCUT2D eigenvalue weighted by Gasteiger charge is 2.07. The van der Waals surface area contributed by atoms with Crippen molar-refractivity contribution in [1.82, 2.24) is 0 Å². The van der Waals surface area contributed by atoms with Gasteiger partial charge in [0.2, 0.25) is 0 Å². The summed E-state index contributed by atoms with van der Waals surface area (Å²) in [6.45, 7) is 4.13. The molecule has 10 aromatic rings. The number of hydrogen-bond acceptors (Lipinski definition) is 3. The Bertz CT molecular complexity index is 3250. The normalized spacial score (nSPS) is 10.7. The third-order valence-corrected chi connectivity index (χ3v) is 14.3. The van der Waals surface area contributed by atoms with Crippen LogP contribution in [0.2, 0.25) is 0 Å². The number of Topliss-reactive ketones (excluding diaryl/α,β-unsaturated/α-hetero) is 1. The summed E-state index contributed by atoms with van der Waals surface area (Å²) in [7, 11) is 0. The number of ether oxygens (including phenoxy) is 1. The van der Waals surface area contributed by atoms with E-state index in [-0.39, 0.29) is 11.8 Å². The second-order valence-corrected chi connectivity index (χ2v) is 20.2. The molecule has 0 radical (unpaired) electrons. The van der Waals surface area contributed by atoms with E-state index < -0.39 is 0 Å². The lowest BCUT2D eigenvalue weighted by Crippen LogP contribution is -2.07. The average Bonchev–Trinajstić information content (AvgIpc) is 3.51. The molecule has 400 valence electrons. The predicted octanol–water partition coefficient (Wildman–Crippen LogP) is 18.3. The maximum atomic E-state index is 11.5. The maximum absolute atomic E-state index is 11.5. The van der Waals surface area contributed by atoms with Crippen LogP contribution in [0.1, 0.15) is 93.5 Å². The van der Waals surface area contributed by atoms with Gasteiger partial charge in [0.15, 0.2) is 0 Å². The molecule has 10 rings (SSSR count). The standard InChI is InChI=1S/C28H24.C27H24.C22H26O3/c1-3-11-23(12-4-1)21-27-17-9-7-15-25(27)19-20-26-16-8-10-18-28(26)22-24-13-5-2-6-14-24;1-3-10-24(11-4-1)26-18-14-22(15-19-26)8-7-9-23-16-20-27(21-17-23)25-12-5-2-6-13-25;1-3-21(23)15-19-11-7-17(8-12-19)5-6-18-9-13-20(14-10-18)16-22(24)25-4-2/h1-20H,21-22H2;1-6,10-21H,7-9H2;7-14H,3-6,15-16H2,1-2H3. The second-order valence-electron chi connectivity index (χ2n) is 20.2. The summed E-state index contributed by atoms with van der Waals surface area (Å²) in [5.41, 5.74) is 20.5. The fraction of sp³-hybridized carbons (Fsp3) is 0.169. The first-order chi connectivity index (χ1) is 39.4. The van der Waals surface area contributed by atoms with Crippen LogP contribution in [-0.2, 0) is 65.7 Å². The predicted molar refractivity (Wildman–Crippen MR) is 336 cm³/mol. The van der Waals surface area contributed by atoms with E-state index in [1.165, 1.54) is 84.3 Å². The van der Waals surface area contributed by atoms with Crippen molar-refractivity contribution in [2.45, 2.75) is 78.1 Å². The fourth-order valence-electron chi connectivity index (χ4n) is 9.68. The van der Waals surface area contributed by atoms with E-state index in [0.29, 0.717) is 25.9 Å². The molecule has 0 unspecified atom stereocenters. The van der Waals surface area contributed by atoms with E-state index in [4.69, 9.17) is 4.74 Å². The zero-order chi connectivity index (χ0) is 55.4. The topological polar surface area (TPSA) is 43.4 Å². The van der Waals surface area contributed by atoms with Crippen molar-refractivity contribution in [1.29, 1.82) is 0 Å². The molecule has 0 saturated carbocycles. The van der Waals surface area contributed by atoms with Crippen molar-refractivity contribution < 1.29 is 14.3 Å². The smallest absolute Gasteiger partial charge is 0.310 e. The Labute approximate surface area is 476 Å². The highest BCUT2D eigenvalue weighted by atomic mass is 16.5. The van der Waals surface area contributed by atoms with E-state index in [0.717, 1.165) is 49.7 Å². The Kier molecular flexibility index (Phi) is 22.5. The molecule has 80 heavy (non-hydrogen) atoms. The molecular weight excluding hydrogens is 973 g/mol. The summed E-state index contributed by atoms with van der Waals surface area (Å²) in [4.78, 5) is 23.0. The lowest BCUT2D eigenvalue weighted by Gasteiger charge is -2.08. The third kappa shape index (κ3) is 18.9. The minimum absolute atomic E-state index is 0.183. The van der Waals surface area contributed by atoms with E-state index >= 15 is 0 Å². The van der Waals surface area contributed by atoms with Crippen molar-refractivity contribution in [3.05, 3.63) is 334 Å². The number of rotatable bonds is 21. The molecule has 3 nitrogen and oxygen atoms in total. The van der Waals surface area contributed by atoms with Gasteiger partial charge in [-0.05, 0) is 141 Å². The molecule has 0 fully saturated rings. The van der Waals surface area contributed by atoms with Crippen molar-refractivity contribution in [2.24, 2.45) is 0 Å². The van der Waals surface area contributed by atoms with Crippen molar-refractivity contribution in [3.63, 3.8) is 0 Å². The van der Waals surface area contributed by atoms with E-state index in [2.05, 4.69) is 255 Å². The Morgan fingerprint density at radius 3 is 1.05 bits per heavy atom. The van der Waals surface area contributed by atoms with Crippen LogP contribution in [0.25, 0.3) is 34.4 Å². The lowest BCUT2D eigenvalue weighted by atomic mass is 9.97. The monoisotopic (exact) mass is 1050 g/mol. The van der Waals surface area contributed by atoms with E-state index in [1.807, 2.05) is 38.1 Å². The SMILES string of the molecule is C(=Cc1ccccc1Cc1ccccc1)c1ccccc1Cc1ccccc1.CCOC(=O)Cc1ccc(CCc2ccc(CC(=O)CC)cc2)cc1.c1ccc(-c2ccc(CCCc3ccc(-c4ccccc4)cc3)cc2)cc1. The number of carbonyl (C=O) groups is 2. The number of benzene rings is 10. The third-order valence-electron chi connectivity index (χ3n) is 14.3. The van der Waals surface area contributed by atoms with Crippen LogP contribution >= 0.6 is 0 Å². The van der Waals surface area contributed by atoms with Crippen LogP contribution in [-0.4, -0.2) is 18.4 Å². The first kappa shape index (κ1) is 57.3. The van der Waals surface area contributed by atoms with Gasteiger partial charge in [0.05, 0.1) is 13.0 Å². The summed E-state index contributed by atoms with van der Waals surface area (Å²) in [5.74, 6) is 0.0903. The average molecular weight is 1050 g/mol. The summed E-state index contributed by atoms with van der Waals surface area (Å²) in [6, 6.07) is 94.2. The molecule has 10 aromatic carbocycles. The van der Waals surface area contributed by atoms with Gasteiger partial charge in [0.1, 0.15) is 5.78 Å². The maximum Gasteiger partial charge on any atom is 0.310 e. The van der Waals surface area contributed by atoms with Crippen molar-refractivity contribution in [2.75, 3.05) is 6.61 Å². The van der Waals surface area contributed by atoms with Gasteiger partial charge >= 0.3 is 5.97 Å². The van der Waals surface area contributed by atoms with Gasteiger partial charge in [0, 0.05) is 12.8 Å². The molecule has 0 saturated heterocycles. The summed E-state index contributed by atoms with van der Waals surface area (Å²) in [6.07, 6.45) is 13.2. The molecule has 0 amide bonds. The zero-order valence-corrected chi connectivity index (χ0v) is 46.6. The van der Waals surface area contributed by atoms with Gasteiger partial charge in [-0.3, -0.25) is 9.59 Å². The Hall–Kier alpha value is -8.92. The Morgan fingerprint density at radius 2 is 0.650 bits per heavy atom. The highest BCUT2D eigenvalue weighted by molar-refractivity contribution is 5.80. The quantitative estimate of drug-likeness (QED) is 0.0532. The number of carbonyl (C=O) groups excluding carboxylic acids is 2. The van der Waals surface area contributed by atoms with Crippen LogP contribution in [0.4, 0.5) is 0 Å². The Balaban J connectivity index is 0.000000158. The van der Waals surface area contributed by atoms with Crippen molar-refractivity contribution in [3.8, 4) is 22.3 Å². The number of aryl methyl sites for hydroxylation is 4. The molecule has 0 heterocycles.